The van der Waals surface area contributed by atoms with E-state index in [1.807, 2.05) is 6.07 Å². The predicted molar refractivity (Wildman–Crippen MR) is 79.9 cm³/mol. The molecule has 2 amide bonds. The number of nitrogens with zero attached hydrogens (tertiary/aromatic N) is 1. The number of carbonyl (C=O) groups excluding carboxylic acids is 2. The van der Waals surface area contributed by atoms with Crippen molar-refractivity contribution in [3.8, 4) is 0 Å². The molecule has 2 rings (SSSR count). The number of hydrogen-bond donors (Lipinski definition) is 2. The number of carbonyl (C=O) groups is 3. The summed E-state index contributed by atoms with van der Waals surface area (Å²) in [4.78, 5) is 36.7. The molecule has 1 aromatic rings. The van der Waals surface area contributed by atoms with Gasteiger partial charge < -0.3 is 15.3 Å². The zero-order chi connectivity index (χ0) is 16.3. The summed E-state index contributed by atoms with van der Waals surface area (Å²) in [6.07, 6.45) is 0.172. The third-order valence-corrected chi connectivity index (χ3v) is 4.06. The number of nitrogens with one attached hydrogen (secondary N) is 1. The van der Waals surface area contributed by atoms with Crippen LogP contribution < -0.4 is 5.32 Å². The Morgan fingerprint density at radius 3 is 2.45 bits per heavy atom. The van der Waals surface area contributed by atoms with Crippen LogP contribution in [0.4, 0.5) is 0 Å². The number of benzene rings is 1. The summed E-state index contributed by atoms with van der Waals surface area (Å²) in [6.45, 7) is 1.93. The quantitative estimate of drug-likeness (QED) is 0.851. The number of likely N-dealkylation sites (tertiary alicyclic amines) is 1. The first-order chi connectivity index (χ1) is 10.4. The topological polar surface area (TPSA) is 86.7 Å². The monoisotopic (exact) mass is 304 g/mol. The molecule has 1 saturated heterocycles. The smallest absolute Gasteiger partial charge is 0.308 e. The van der Waals surface area contributed by atoms with Crippen molar-refractivity contribution in [3.05, 3.63) is 35.9 Å². The van der Waals surface area contributed by atoms with E-state index in [9.17, 15) is 19.5 Å². The van der Waals surface area contributed by atoms with Gasteiger partial charge in [-0.3, -0.25) is 14.4 Å². The van der Waals surface area contributed by atoms with Gasteiger partial charge in [0.25, 0.3) is 0 Å². The first-order valence-electron chi connectivity index (χ1n) is 7.22. The second-order valence-corrected chi connectivity index (χ2v) is 5.70. The van der Waals surface area contributed by atoms with Crippen LogP contribution in [0.5, 0.6) is 0 Å². The normalized spacial score (nSPS) is 20.5. The van der Waals surface area contributed by atoms with E-state index >= 15 is 0 Å². The van der Waals surface area contributed by atoms with Gasteiger partial charge in [0.15, 0.2) is 0 Å². The van der Waals surface area contributed by atoms with Crippen LogP contribution in [0.25, 0.3) is 0 Å². The van der Waals surface area contributed by atoms with Gasteiger partial charge >= 0.3 is 5.97 Å². The molecular formula is C16H20N2O4. The lowest BCUT2D eigenvalue weighted by molar-refractivity contribution is -0.142. The maximum atomic E-state index is 12.4. The SMILES string of the molecule is C[C@H](C(=O)O)[C@@H](NC(=O)[C@@H]1CC(=O)N(C)C1)c1ccccc1. The van der Waals surface area contributed by atoms with Crippen molar-refractivity contribution in [1.29, 1.82) is 0 Å². The molecule has 1 aliphatic rings. The average molecular weight is 304 g/mol. The molecule has 0 radical (unpaired) electrons. The van der Waals surface area contributed by atoms with Crippen molar-refractivity contribution in [2.24, 2.45) is 11.8 Å². The van der Waals surface area contributed by atoms with Gasteiger partial charge in [-0.05, 0) is 12.5 Å². The Bertz CT molecular complexity index is 573. The minimum absolute atomic E-state index is 0.0669. The highest BCUT2D eigenvalue weighted by Crippen LogP contribution is 2.24. The molecule has 0 aromatic heterocycles. The maximum Gasteiger partial charge on any atom is 0.308 e. The summed E-state index contributed by atoms with van der Waals surface area (Å²) in [6, 6.07) is 8.39. The van der Waals surface area contributed by atoms with Crippen molar-refractivity contribution in [2.75, 3.05) is 13.6 Å². The number of carboxylic acids is 1. The first kappa shape index (κ1) is 16.0. The highest BCUT2D eigenvalue weighted by atomic mass is 16.4. The third-order valence-electron chi connectivity index (χ3n) is 4.06. The fourth-order valence-electron chi connectivity index (χ4n) is 2.61. The van der Waals surface area contributed by atoms with Crippen LogP contribution in [0.1, 0.15) is 24.9 Å². The minimum Gasteiger partial charge on any atom is -0.481 e. The lowest BCUT2D eigenvalue weighted by atomic mass is 9.93. The molecule has 0 aliphatic carbocycles. The van der Waals surface area contributed by atoms with Crippen LogP contribution in [0.2, 0.25) is 0 Å². The van der Waals surface area contributed by atoms with Crippen molar-refractivity contribution in [1.82, 2.24) is 10.2 Å². The molecule has 22 heavy (non-hydrogen) atoms. The van der Waals surface area contributed by atoms with Crippen LogP contribution >= 0.6 is 0 Å². The van der Waals surface area contributed by atoms with E-state index in [0.29, 0.717) is 6.54 Å². The molecule has 0 spiro atoms. The van der Waals surface area contributed by atoms with Crippen LogP contribution in [0, 0.1) is 11.8 Å². The zero-order valence-corrected chi connectivity index (χ0v) is 12.7. The molecule has 2 N–H and O–H groups in total. The van der Waals surface area contributed by atoms with E-state index in [1.54, 1.807) is 38.2 Å². The molecule has 118 valence electrons. The average Bonchev–Trinajstić information content (AvgIpc) is 2.84. The Morgan fingerprint density at radius 2 is 1.95 bits per heavy atom. The first-order valence-corrected chi connectivity index (χ1v) is 7.22. The molecule has 6 nitrogen and oxygen atoms in total. The molecule has 1 aromatic carbocycles. The summed E-state index contributed by atoms with van der Waals surface area (Å²) in [7, 11) is 1.66. The van der Waals surface area contributed by atoms with Crippen molar-refractivity contribution < 1.29 is 19.5 Å². The van der Waals surface area contributed by atoms with Gasteiger partial charge in [0.1, 0.15) is 0 Å². The lowest BCUT2D eigenvalue weighted by Crippen LogP contribution is -2.39. The molecule has 3 atom stereocenters. The zero-order valence-electron chi connectivity index (χ0n) is 12.7. The molecule has 0 saturated carbocycles. The number of aliphatic carboxylic acids is 1. The molecule has 0 bridgehead atoms. The summed E-state index contributed by atoms with van der Waals surface area (Å²) in [5.74, 6) is -2.51. The summed E-state index contributed by atoms with van der Waals surface area (Å²) >= 11 is 0. The van der Waals surface area contributed by atoms with Gasteiger partial charge in [-0.25, -0.2) is 0 Å². The molecule has 1 heterocycles. The van der Waals surface area contributed by atoms with Crippen LogP contribution in [-0.4, -0.2) is 41.4 Å². The van der Waals surface area contributed by atoms with E-state index in [2.05, 4.69) is 5.32 Å². The lowest BCUT2D eigenvalue weighted by Gasteiger charge is -2.24. The van der Waals surface area contributed by atoms with Crippen molar-refractivity contribution in [3.63, 3.8) is 0 Å². The summed E-state index contributed by atoms with van der Waals surface area (Å²) in [5.41, 5.74) is 0.739. The minimum atomic E-state index is -0.978. The molecular weight excluding hydrogens is 284 g/mol. The Kier molecular flexibility index (Phi) is 4.80. The van der Waals surface area contributed by atoms with Crippen LogP contribution in [0.15, 0.2) is 30.3 Å². The largest absolute Gasteiger partial charge is 0.481 e. The van der Waals surface area contributed by atoms with Gasteiger partial charge in [0.2, 0.25) is 11.8 Å². The molecule has 6 heteroatoms. The van der Waals surface area contributed by atoms with Gasteiger partial charge in [-0.2, -0.15) is 0 Å². The van der Waals surface area contributed by atoms with Gasteiger partial charge in [-0.15, -0.1) is 0 Å². The summed E-state index contributed by atoms with van der Waals surface area (Å²) in [5, 5.41) is 12.1. The predicted octanol–water partition coefficient (Wildman–Crippen LogP) is 1.04. The van der Waals surface area contributed by atoms with Gasteiger partial charge in [-0.1, -0.05) is 30.3 Å². The maximum absolute atomic E-state index is 12.4. The number of rotatable bonds is 5. The van der Waals surface area contributed by atoms with Crippen molar-refractivity contribution in [2.45, 2.75) is 19.4 Å². The Hall–Kier alpha value is -2.37. The number of hydrogen-bond acceptors (Lipinski definition) is 3. The highest BCUT2D eigenvalue weighted by molar-refractivity contribution is 5.89. The van der Waals surface area contributed by atoms with Gasteiger partial charge in [0, 0.05) is 20.0 Å². The van der Waals surface area contributed by atoms with Crippen LogP contribution in [0.3, 0.4) is 0 Å². The van der Waals surface area contributed by atoms with E-state index in [-0.39, 0.29) is 18.2 Å². The highest BCUT2D eigenvalue weighted by Gasteiger charge is 2.35. The van der Waals surface area contributed by atoms with E-state index < -0.39 is 23.8 Å². The fraction of sp³-hybridized carbons (Fsp3) is 0.438. The van der Waals surface area contributed by atoms with E-state index in [1.165, 1.54) is 4.90 Å². The fourth-order valence-corrected chi connectivity index (χ4v) is 2.61. The standard InChI is InChI=1S/C16H20N2O4/c1-10(16(21)22)14(11-6-4-3-5-7-11)17-15(20)12-8-13(19)18(2)9-12/h3-7,10,12,14H,8-9H2,1-2H3,(H,17,20)(H,21,22)/t10-,12+,14+/m0/s1. The number of carboxylic acid groups (broad SMARTS) is 1. The number of amides is 2. The van der Waals surface area contributed by atoms with Crippen molar-refractivity contribution >= 4 is 17.8 Å². The summed E-state index contributed by atoms with van der Waals surface area (Å²) < 4.78 is 0. The van der Waals surface area contributed by atoms with E-state index in [4.69, 9.17) is 0 Å². The third kappa shape index (κ3) is 3.44. The Balaban J connectivity index is 2.15. The Labute approximate surface area is 129 Å². The van der Waals surface area contributed by atoms with Gasteiger partial charge in [0.05, 0.1) is 17.9 Å². The Morgan fingerprint density at radius 1 is 1.32 bits per heavy atom. The molecule has 1 fully saturated rings. The van der Waals surface area contributed by atoms with Crippen LogP contribution in [-0.2, 0) is 14.4 Å². The van der Waals surface area contributed by atoms with E-state index in [0.717, 1.165) is 5.56 Å². The molecule has 1 aliphatic heterocycles. The second kappa shape index (κ2) is 6.60. The second-order valence-electron chi connectivity index (χ2n) is 5.70. The molecule has 0 unspecified atom stereocenters.